The summed E-state index contributed by atoms with van der Waals surface area (Å²) in [7, 11) is 0. The molecule has 0 spiro atoms. The Hall–Kier alpha value is -1.10. The third kappa shape index (κ3) is 5.19. The van der Waals surface area contributed by atoms with Gasteiger partial charge in [0, 0.05) is 44.6 Å². The van der Waals surface area contributed by atoms with Crippen LogP contribution in [0.1, 0.15) is 71.1 Å². The summed E-state index contributed by atoms with van der Waals surface area (Å²) in [5.41, 5.74) is 0. The second-order valence-corrected chi connectivity index (χ2v) is 8.27. The van der Waals surface area contributed by atoms with Gasteiger partial charge in [0.15, 0.2) is 0 Å². The molecule has 5 nitrogen and oxygen atoms in total. The number of carbonyl (C=O) groups is 2. The van der Waals surface area contributed by atoms with E-state index in [0.29, 0.717) is 6.04 Å². The summed E-state index contributed by atoms with van der Waals surface area (Å²) in [5.74, 6) is 0.435. The fourth-order valence-corrected chi connectivity index (χ4v) is 4.85. The van der Waals surface area contributed by atoms with E-state index < -0.39 is 0 Å². The molecule has 2 amide bonds. The van der Waals surface area contributed by atoms with Gasteiger partial charge in [-0.2, -0.15) is 0 Å². The molecule has 5 heteroatoms. The van der Waals surface area contributed by atoms with Crippen molar-refractivity contribution in [2.75, 3.05) is 26.2 Å². The van der Waals surface area contributed by atoms with Gasteiger partial charge in [0.25, 0.3) is 0 Å². The number of nitrogens with zero attached hydrogens (tertiary/aromatic N) is 2. The Bertz CT molecular complexity index is 452. The zero-order valence-electron chi connectivity index (χ0n) is 15.8. The fourth-order valence-electron chi connectivity index (χ4n) is 4.85. The second kappa shape index (κ2) is 9.02. The molecular weight excluding hydrogens is 314 g/mol. The van der Waals surface area contributed by atoms with Crippen LogP contribution in [0.2, 0.25) is 0 Å². The van der Waals surface area contributed by atoms with E-state index in [2.05, 4.69) is 10.2 Å². The van der Waals surface area contributed by atoms with Gasteiger partial charge in [-0.1, -0.05) is 25.7 Å². The highest BCUT2D eigenvalue weighted by Gasteiger charge is 2.30. The molecule has 1 aliphatic carbocycles. The highest BCUT2D eigenvalue weighted by Crippen LogP contribution is 2.25. The minimum Gasteiger partial charge on any atom is -0.352 e. The number of nitrogens with one attached hydrogen (secondary N) is 1. The summed E-state index contributed by atoms with van der Waals surface area (Å²) < 4.78 is 0. The molecular formula is C20H35N3O2. The molecule has 25 heavy (non-hydrogen) atoms. The lowest BCUT2D eigenvalue weighted by Crippen LogP contribution is -2.52. The maximum absolute atomic E-state index is 12.6. The van der Waals surface area contributed by atoms with Gasteiger partial charge >= 0.3 is 0 Å². The Morgan fingerprint density at radius 2 is 1.52 bits per heavy atom. The van der Waals surface area contributed by atoms with Gasteiger partial charge in [-0.15, -0.1) is 0 Å². The summed E-state index contributed by atoms with van der Waals surface area (Å²) in [5, 5.41) is 3.33. The van der Waals surface area contributed by atoms with Gasteiger partial charge in [0.1, 0.15) is 0 Å². The minimum absolute atomic E-state index is 0.0869. The first kappa shape index (κ1) is 18.7. The predicted molar refractivity (Wildman–Crippen MR) is 99.2 cm³/mol. The Labute approximate surface area is 152 Å². The van der Waals surface area contributed by atoms with Crippen molar-refractivity contribution in [3.8, 4) is 0 Å². The van der Waals surface area contributed by atoms with E-state index in [4.69, 9.17) is 0 Å². The van der Waals surface area contributed by atoms with Crippen molar-refractivity contribution >= 4 is 11.8 Å². The van der Waals surface area contributed by atoms with Crippen molar-refractivity contribution in [3.05, 3.63) is 0 Å². The van der Waals surface area contributed by atoms with Crippen LogP contribution in [0.5, 0.6) is 0 Å². The normalized spacial score (nSPS) is 27.7. The molecule has 1 saturated carbocycles. The molecule has 0 radical (unpaired) electrons. The predicted octanol–water partition coefficient (Wildman–Crippen LogP) is 2.55. The Morgan fingerprint density at radius 1 is 0.840 bits per heavy atom. The zero-order valence-corrected chi connectivity index (χ0v) is 15.8. The second-order valence-electron chi connectivity index (χ2n) is 8.27. The fraction of sp³-hybridized carbons (Fsp3) is 0.900. The SMILES string of the molecule is CC(=O)N1CCC(C(=O)N[C@@H]2CCCN(C3CCCCCC3)C2)CC1. The lowest BCUT2D eigenvalue weighted by atomic mass is 9.94. The van der Waals surface area contributed by atoms with Gasteiger partial charge in [0.2, 0.25) is 11.8 Å². The van der Waals surface area contributed by atoms with Crippen molar-refractivity contribution in [3.63, 3.8) is 0 Å². The van der Waals surface area contributed by atoms with E-state index in [1.807, 2.05) is 4.90 Å². The summed E-state index contributed by atoms with van der Waals surface area (Å²) in [6, 6.07) is 1.05. The summed E-state index contributed by atoms with van der Waals surface area (Å²) in [4.78, 5) is 28.6. The van der Waals surface area contributed by atoms with Crippen LogP contribution in [0.25, 0.3) is 0 Å². The molecule has 1 N–H and O–H groups in total. The first-order valence-electron chi connectivity index (χ1n) is 10.4. The van der Waals surface area contributed by atoms with Crippen LogP contribution in [0.3, 0.4) is 0 Å². The van der Waals surface area contributed by atoms with Gasteiger partial charge in [-0.25, -0.2) is 0 Å². The van der Waals surface area contributed by atoms with Crippen LogP contribution in [0, 0.1) is 5.92 Å². The molecule has 2 aliphatic heterocycles. The van der Waals surface area contributed by atoms with Crippen molar-refractivity contribution < 1.29 is 9.59 Å². The largest absolute Gasteiger partial charge is 0.352 e. The molecule has 0 unspecified atom stereocenters. The van der Waals surface area contributed by atoms with Crippen LogP contribution >= 0.6 is 0 Å². The lowest BCUT2D eigenvalue weighted by Gasteiger charge is -2.39. The molecule has 1 atom stereocenters. The maximum atomic E-state index is 12.6. The molecule has 3 rings (SSSR count). The maximum Gasteiger partial charge on any atom is 0.223 e. The van der Waals surface area contributed by atoms with E-state index in [1.54, 1.807) is 6.92 Å². The van der Waals surface area contributed by atoms with Gasteiger partial charge in [-0.05, 0) is 45.1 Å². The van der Waals surface area contributed by atoms with Gasteiger partial charge < -0.3 is 10.2 Å². The van der Waals surface area contributed by atoms with Crippen LogP contribution in [-0.2, 0) is 9.59 Å². The average Bonchev–Trinajstić information content (AvgIpc) is 2.91. The molecule has 0 aromatic heterocycles. The Morgan fingerprint density at radius 3 is 2.16 bits per heavy atom. The highest BCUT2D eigenvalue weighted by atomic mass is 16.2. The van der Waals surface area contributed by atoms with E-state index >= 15 is 0 Å². The van der Waals surface area contributed by atoms with E-state index in [0.717, 1.165) is 44.9 Å². The number of hydrogen-bond acceptors (Lipinski definition) is 3. The summed E-state index contributed by atoms with van der Waals surface area (Å²) >= 11 is 0. The van der Waals surface area contributed by atoms with Crippen LogP contribution in [0.15, 0.2) is 0 Å². The molecule has 142 valence electrons. The standard InChI is InChI=1S/C20H35N3O2/c1-16(24)22-13-10-17(11-14-22)20(25)21-18-7-6-12-23(15-18)19-8-4-2-3-5-9-19/h17-19H,2-15H2,1H3,(H,21,25)/t18-/m1/s1. The smallest absolute Gasteiger partial charge is 0.223 e. The topological polar surface area (TPSA) is 52.7 Å². The van der Waals surface area contributed by atoms with Gasteiger partial charge in [-0.3, -0.25) is 14.5 Å². The molecule has 0 bridgehead atoms. The van der Waals surface area contributed by atoms with Crippen molar-refractivity contribution in [2.45, 2.75) is 83.2 Å². The monoisotopic (exact) mass is 349 g/mol. The molecule has 2 saturated heterocycles. The first-order valence-corrected chi connectivity index (χ1v) is 10.4. The molecule has 3 fully saturated rings. The van der Waals surface area contributed by atoms with E-state index in [9.17, 15) is 9.59 Å². The molecule has 2 heterocycles. The summed E-state index contributed by atoms with van der Waals surface area (Å²) in [6.07, 6.45) is 12.1. The Kier molecular flexibility index (Phi) is 6.74. The first-order chi connectivity index (χ1) is 12.1. The van der Waals surface area contributed by atoms with Gasteiger partial charge in [0.05, 0.1) is 0 Å². The number of piperidine rings is 2. The van der Waals surface area contributed by atoms with Crippen LogP contribution < -0.4 is 5.32 Å². The van der Waals surface area contributed by atoms with Crippen molar-refractivity contribution in [1.82, 2.24) is 15.1 Å². The highest BCUT2D eigenvalue weighted by molar-refractivity contribution is 5.79. The Balaban J connectivity index is 1.45. The molecule has 3 aliphatic rings. The van der Waals surface area contributed by atoms with E-state index in [-0.39, 0.29) is 17.7 Å². The third-order valence-electron chi connectivity index (χ3n) is 6.45. The number of amides is 2. The third-order valence-corrected chi connectivity index (χ3v) is 6.45. The van der Waals surface area contributed by atoms with Crippen LogP contribution in [-0.4, -0.2) is 59.9 Å². The van der Waals surface area contributed by atoms with E-state index in [1.165, 1.54) is 51.5 Å². The average molecular weight is 350 g/mol. The number of hydrogen-bond donors (Lipinski definition) is 1. The number of carbonyl (C=O) groups excluding carboxylic acids is 2. The molecule has 0 aromatic rings. The molecule has 0 aromatic carbocycles. The lowest BCUT2D eigenvalue weighted by molar-refractivity contribution is -0.134. The quantitative estimate of drug-likeness (QED) is 0.797. The van der Waals surface area contributed by atoms with Crippen LogP contribution in [0.4, 0.5) is 0 Å². The summed E-state index contributed by atoms with van der Waals surface area (Å²) in [6.45, 7) is 5.31. The van der Waals surface area contributed by atoms with Crippen molar-refractivity contribution in [2.24, 2.45) is 5.92 Å². The van der Waals surface area contributed by atoms with Crippen molar-refractivity contribution in [1.29, 1.82) is 0 Å². The number of likely N-dealkylation sites (tertiary alicyclic amines) is 2. The minimum atomic E-state index is 0.0869. The number of rotatable bonds is 3. The zero-order chi connectivity index (χ0) is 17.6.